The number of hydrogen-bond donors (Lipinski definition) is 2. The maximum atomic E-state index is 11.8. The molecule has 0 aliphatic carbocycles. The number of nitrogens with zero attached hydrogens (tertiary/aromatic N) is 1. The van der Waals surface area contributed by atoms with E-state index in [1.807, 2.05) is 0 Å². The van der Waals surface area contributed by atoms with Crippen molar-refractivity contribution in [2.75, 3.05) is 19.6 Å². The summed E-state index contributed by atoms with van der Waals surface area (Å²) in [6.07, 6.45) is 4.02. The van der Waals surface area contributed by atoms with Gasteiger partial charge in [0.05, 0.1) is 0 Å². The van der Waals surface area contributed by atoms with E-state index in [4.69, 9.17) is 5.73 Å². The number of nitrogens with one attached hydrogen (secondary N) is 1. The number of nitrogens with two attached hydrogens (primary N) is 1. The minimum absolute atomic E-state index is 0.137. The van der Waals surface area contributed by atoms with Gasteiger partial charge < -0.3 is 11.1 Å². The Morgan fingerprint density at radius 2 is 2.17 bits per heavy atom. The van der Waals surface area contributed by atoms with Crippen molar-refractivity contribution in [1.29, 1.82) is 0 Å². The molecular weight excluding hydrogens is 226 g/mol. The highest BCUT2D eigenvalue weighted by molar-refractivity contribution is 5.76. The van der Waals surface area contributed by atoms with Crippen molar-refractivity contribution in [1.82, 2.24) is 10.2 Å². The smallest absolute Gasteiger partial charge is 0.221 e. The lowest BCUT2D eigenvalue weighted by Crippen LogP contribution is -2.51. The molecule has 3 atom stereocenters. The van der Waals surface area contributed by atoms with Crippen molar-refractivity contribution >= 4 is 5.91 Å². The Morgan fingerprint density at radius 3 is 2.78 bits per heavy atom. The zero-order valence-corrected chi connectivity index (χ0v) is 12.1. The number of likely N-dealkylation sites (tertiary alicyclic amines) is 1. The third-order valence-corrected chi connectivity index (χ3v) is 3.90. The van der Waals surface area contributed by atoms with Crippen LogP contribution in [0.2, 0.25) is 0 Å². The molecule has 18 heavy (non-hydrogen) atoms. The molecule has 1 aliphatic heterocycles. The maximum absolute atomic E-state index is 11.8. The summed E-state index contributed by atoms with van der Waals surface area (Å²) >= 11 is 0. The maximum Gasteiger partial charge on any atom is 0.221 e. The number of amides is 1. The normalized spacial score (nSPS) is 26.9. The van der Waals surface area contributed by atoms with Gasteiger partial charge in [0, 0.05) is 38.1 Å². The van der Waals surface area contributed by atoms with E-state index in [1.165, 1.54) is 12.8 Å². The van der Waals surface area contributed by atoms with Crippen LogP contribution in [0.5, 0.6) is 0 Å². The number of rotatable bonds is 6. The standard InChI is InChI=1S/C14H29N3O/c1-4-7-16-14(18)8-13(9-15)17-10-11(2)5-6-12(17)3/h11-13H,4-10,15H2,1-3H3,(H,16,18). The molecule has 0 aromatic heterocycles. The molecule has 0 aromatic rings. The van der Waals surface area contributed by atoms with Crippen LogP contribution in [0.3, 0.4) is 0 Å². The van der Waals surface area contributed by atoms with E-state index in [2.05, 4.69) is 31.0 Å². The summed E-state index contributed by atoms with van der Waals surface area (Å²) in [6.45, 7) is 9.00. The molecule has 1 rings (SSSR count). The molecule has 3 unspecified atom stereocenters. The monoisotopic (exact) mass is 255 g/mol. The Hall–Kier alpha value is -0.610. The van der Waals surface area contributed by atoms with Gasteiger partial charge in [-0.1, -0.05) is 13.8 Å². The SMILES string of the molecule is CCCNC(=O)CC(CN)N1CC(C)CCC1C. The molecule has 1 fully saturated rings. The molecule has 0 spiro atoms. The van der Waals surface area contributed by atoms with Gasteiger partial charge in [0.2, 0.25) is 5.91 Å². The second kappa shape index (κ2) is 7.74. The fraction of sp³-hybridized carbons (Fsp3) is 0.929. The predicted octanol–water partition coefficient (Wildman–Crippen LogP) is 1.35. The highest BCUT2D eigenvalue weighted by Gasteiger charge is 2.29. The van der Waals surface area contributed by atoms with Gasteiger partial charge in [0.15, 0.2) is 0 Å². The van der Waals surface area contributed by atoms with Gasteiger partial charge >= 0.3 is 0 Å². The van der Waals surface area contributed by atoms with Crippen LogP contribution in [-0.4, -0.2) is 42.5 Å². The highest BCUT2D eigenvalue weighted by atomic mass is 16.1. The Labute approximate surface area is 111 Å². The van der Waals surface area contributed by atoms with Crippen molar-refractivity contribution in [3.8, 4) is 0 Å². The molecule has 0 radical (unpaired) electrons. The van der Waals surface area contributed by atoms with Crippen molar-refractivity contribution in [3.05, 3.63) is 0 Å². The summed E-state index contributed by atoms with van der Waals surface area (Å²) in [4.78, 5) is 14.2. The lowest BCUT2D eigenvalue weighted by atomic mass is 9.92. The third-order valence-electron chi connectivity index (χ3n) is 3.90. The van der Waals surface area contributed by atoms with Crippen molar-refractivity contribution in [3.63, 3.8) is 0 Å². The molecule has 4 heteroatoms. The minimum atomic E-state index is 0.137. The third kappa shape index (κ3) is 4.58. The quantitative estimate of drug-likeness (QED) is 0.753. The summed E-state index contributed by atoms with van der Waals surface area (Å²) in [5.41, 5.74) is 5.87. The van der Waals surface area contributed by atoms with Gasteiger partial charge in [0.25, 0.3) is 0 Å². The number of carbonyl (C=O) groups excluding carboxylic acids is 1. The zero-order chi connectivity index (χ0) is 13.5. The Kier molecular flexibility index (Phi) is 6.65. The molecule has 4 nitrogen and oxygen atoms in total. The summed E-state index contributed by atoms with van der Waals surface area (Å²) in [5, 5.41) is 2.94. The average molecular weight is 255 g/mol. The Balaban J connectivity index is 2.50. The molecule has 1 saturated heterocycles. The van der Waals surface area contributed by atoms with Gasteiger partial charge in [0.1, 0.15) is 0 Å². The van der Waals surface area contributed by atoms with Gasteiger partial charge in [-0.15, -0.1) is 0 Å². The largest absolute Gasteiger partial charge is 0.356 e. The van der Waals surface area contributed by atoms with E-state index in [0.717, 1.165) is 19.5 Å². The van der Waals surface area contributed by atoms with Crippen LogP contribution >= 0.6 is 0 Å². The molecule has 1 heterocycles. The summed E-state index contributed by atoms with van der Waals surface area (Å²) in [7, 11) is 0. The second-order valence-electron chi connectivity index (χ2n) is 5.67. The molecule has 1 aliphatic rings. The molecular formula is C14H29N3O. The van der Waals surface area contributed by atoms with Gasteiger partial charge in [-0.3, -0.25) is 9.69 Å². The van der Waals surface area contributed by atoms with E-state index in [0.29, 0.717) is 24.9 Å². The van der Waals surface area contributed by atoms with Gasteiger partial charge in [-0.2, -0.15) is 0 Å². The van der Waals surface area contributed by atoms with Crippen LogP contribution < -0.4 is 11.1 Å². The predicted molar refractivity (Wildman–Crippen MR) is 75.3 cm³/mol. The molecule has 1 amide bonds. The first-order valence-corrected chi connectivity index (χ1v) is 7.31. The lowest BCUT2D eigenvalue weighted by molar-refractivity contribution is -0.122. The first-order valence-electron chi connectivity index (χ1n) is 7.31. The van der Waals surface area contributed by atoms with E-state index < -0.39 is 0 Å². The zero-order valence-electron chi connectivity index (χ0n) is 12.1. The lowest BCUT2D eigenvalue weighted by Gasteiger charge is -2.41. The summed E-state index contributed by atoms with van der Waals surface area (Å²) < 4.78 is 0. The number of carbonyl (C=O) groups is 1. The van der Waals surface area contributed by atoms with E-state index in [1.54, 1.807) is 0 Å². The average Bonchev–Trinajstić information content (AvgIpc) is 2.36. The van der Waals surface area contributed by atoms with Crippen LogP contribution in [0, 0.1) is 5.92 Å². The minimum Gasteiger partial charge on any atom is -0.356 e. The van der Waals surface area contributed by atoms with Gasteiger partial charge in [-0.05, 0) is 32.1 Å². The Bertz CT molecular complexity index is 257. The molecule has 0 saturated carbocycles. The van der Waals surface area contributed by atoms with Crippen LogP contribution in [0.25, 0.3) is 0 Å². The summed E-state index contributed by atoms with van der Waals surface area (Å²) in [5.74, 6) is 0.853. The van der Waals surface area contributed by atoms with Crippen LogP contribution in [-0.2, 0) is 4.79 Å². The number of hydrogen-bond acceptors (Lipinski definition) is 3. The Morgan fingerprint density at radius 1 is 1.44 bits per heavy atom. The second-order valence-corrected chi connectivity index (χ2v) is 5.67. The molecule has 0 aromatic carbocycles. The van der Waals surface area contributed by atoms with E-state index >= 15 is 0 Å². The van der Waals surface area contributed by atoms with E-state index in [9.17, 15) is 4.79 Å². The van der Waals surface area contributed by atoms with Crippen LogP contribution in [0.15, 0.2) is 0 Å². The summed E-state index contributed by atoms with van der Waals surface area (Å²) in [6, 6.07) is 0.744. The van der Waals surface area contributed by atoms with Crippen LogP contribution in [0.4, 0.5) is 0 Å². The highest BCUT2D eigenvalue weighted by Crippen LogP contribution is 2.24. The topological polar surface area (TPSA) is 58.4 Å². The molecule has 3 N–H and O–H groups in total. The molecule has 0 bridgehead atoms. The van der Waals surface area contributed by atoms with Crippen molar-refractivity contribution in [2.24, 2.45) is 11.7 Å². The first kappa shape index (κ1) is 15.4. The molecule has 106 valence electrons. The van der Waals surface area contributed by atoms with Crippen LogP contribution in [0.1, 0.15) is 46.5 Å². The first-order chi connectivity index (χ1) is 8.58. The number of piperidine rings is 1. The van der Waals surface area contributed by atoms with Crippen molar-refractivity contribution < 1.29 is 4.79 Å². The van der Waals surface area contributed by atoms with E-state index in [-0.39, 0.29) is 11.9 Å². The van der Waals surface area contributed by atoms with Crippen molar-refractivity contribution in [2.45, 2.75) is 58.5 Å². The fourth-order valence-corrected chi connectivity index (χ4v) is 2.72. The fourth-order valence-electron chi connectivity index (χ4n) is 2.72. The van der Waals surface area contributed by atoms with Gasteiger partial charge in [-0.25, -0.2) is 0 Å².